The van der Waals surface area contributed by atoms with E-state index in [0.29, 0.717) is 29.8 Å². The van der Waals surface area contributed by atoms with Crippen LogP contribution in [0.2, 0.25) is 0 Å². The number of carbonyl (C=O) groups excluding carboxylic acids is 1. The average molecular weight is 449 g/mol. The minimum atomic E-state index is -0.877. The molecular formula is C28H45FO3. The molecule has 0 aliphatic heterocycles. The van der Waals surface area contributed by atoms with Gasteiger partial charge in [0, 0.05) is 14.2 Å². The highest BCUT2D eigenvalue weighted by Gasteiger charge is 2.71. The molecule has 0 aromatic carbocycles. The van der Waals surface area contributed by atoms with Crippen molar-refractivity contribution in [3.05, 3.63) is 0 Å². The highest BCUT2D eigenvalue weighted by atomic mass is 19.1. The van der Waals surface area contributed by atoms with Crippen molar-refractivity contribution < 1.29 is 18.7 Å². The van der Waals surface area contributed by atoms with Gasteiger partial charge in [0.05, 0.1) is 23.0 Å². The molecule has 0 radical (unpaired) electrons. The Morgan fingerprint density at radius 1 is 0.594 bits per heavy atom. The topological polar surface area (TPSA) is 35.5 Å². The summed E-state index contributed by atoms with van der Waals surface area (Å²) in [5.41, 5.74) is -1.22. The van der Waals surface area contributed by atoms with E-state index in [1.165, 1.54) is 51.4 Å². The van der Waals surface area contributed by atoms with Crippen molar-refractivity contribution in [2.75, 3.05) is 14.2 Å². The summed E-state index contributed by atoms with van der Waals surface area (Å²) < 4.78 is 27.0. The van der Waals surface area contributed by atoms with Crippen LogP contribution in [-0.4, -0.2) is 38.4 Å². The number of halogens is 1. The highest BCUT2D eigenvalue weighted by molar-refractivity contribution is 5.98. The van der Waals surface area contributed by atoms with Crippen LogP contribution in [0.5, 0.6) is 0 Å². The van der Waals surface area contributed by atoms with Gasteiger partial charge in [0.1, 0.15) is 6.17 Å². The number of carbonyl (C=O) groups is 1. The molecule has 0 amide bonds. The van der Waals surface area contributed by atoms with Gasteiger partial charge in [-0.3, -0.25) is 4.79 Å². The van der Waals surface area contributed by atoms with Crippen molar-refractivity contribution in [2.45, 2.75) is 121 Å². The summed E-state index contributed by atoms with van der Waals surface area (Å²) >= 11 is 0. The summed E-state index contributed by atoms with van der Waals surface area (Å²) in [7, 11) is 3.65. The van der Waals surface area contributed by atoms with Crippen LogP contribution in [0.4, 0.5) is 4.39 Å². The summed E-state index contributed by atoms with van der Waals surface area (Å²) in [6, 6.07) is 0. The van der Waals surface area contributed by atoms with Gasteiger partial charge in [-0.05, 0) is 126 Å². The SMILES string of the molecule is COC1CCC(C2CC[C@]3(CC2)C(=O)[C@@]2(CCC(C4CCC(OC)CC4)CC2)[C@H]3F)CC1. The number of hydrogen-bond donors (Lipinski definition) is 0. The molecule has 32 heavy (non-hydrogen) atoms. The number of ketones is 1. The number of alkyl halides is 1. The van der Waals surface area contributed by atoms with Gasteiger partial charge in [0.25, 0.3) is 0 Å². The second-order valence-electron chi connectivity index (χ2n) is 12.2. The standard InChI is InChI=1S/C28H45FO3/c1-31-23-7-3-19(4-8-23)21-11-15-27(16-12-21)25(29)28(26(27)30)17-13-22(14-18-28)20-5-9-24(32-2)10-6-20/h19-25H,3-18H2,1-2H3/t19?,20?,21?,22?,23?,24?,25?,27-,28-. The van der Waals surface area contributed by atoms with Crippen LogP contribution in [0.15, 0.2) is 0 Å². The van der Waals surface area contributed by atoms with Gasteiger partial charge in [0.2, 0.25) is 0 Å². The summed E-state index contributed by atoms with van der Waals surface area (Å²) in [6.45, 7) is 0. The molecule has 0 aromatic heterocycles. The lowest BCUT2D eigenvalue weighted by atomic mass is 9.41. The number of Topliss-reactive ketones (excluding diaryl/α,β-unsaturated/α-hetero) is 1. The fourth-order valence-corrected chi connectivity index (χ4v) is 8.98. The van der Waals surface area contributed by atoms with E-state index in [0.717, 1.165) is 63.2 Å². The number of ether oxygens (including phenoxy) is 2. The van der Waals surface area contributed by atoms with Gasteiger partial charge < -0.3 is 9.47 Å². The van der Waals surface area contributed by atoms with Gasteiger partial charge in [-0.1, -0.05) is 0 Å². The third kappa shape index (κ3) is 3.80. The molecule has 3 nitrogen and oxygen atoms in total. The Labute approximate surface area is 194 Å². The minimum Gasteiger partial charge on any atom is -0.381 e. The third-order valence-electron chi connectivity index (χ3n) is 11.2. The maximum Gasteiger partial charge on any atom is 0.151 e. The van der Waals surface area contributed by atoms with Crippen LogP contribution in [0.25, 0.3) is 0 Å². The smallest absolute Gasteiger partial charge is 0.151 e. The van der Waals surface area contributed by atoms with Crippen LogP contribution < -0.4 is 0 Å². The quantitative estimate of drug-likeness (QED) is 0.482. The molecule has 0 saturated heterocycles. The van der Waals surface area contributed by atoms with Crippen molar-refractivity contribution >= 4 is 5.78 Å². The van der Waals surface area contributed by atoms with E-state index in [9.17, 15) is 4.79 Å². The Hall–Kier alpha value is -0.480. The van der Waals surface area contributed by atoms with E-state index < -0.39 is 17.0 Å². The van der Waals surface area contributed by atoms with E-state index in [4.69, 9.17) is 9.47 Å². The van der Waals surface area contributed by atoms with E-state index in [1.54, 1.807) is 0 Å². The van der Waals surface area contributed by atoms with Gasteiger partial charge in [0.15, 0.2) is 5.78 Å². The van der Waals surface area contributed by atoms with Gasteiger partial charge in [-0.2, -0.15) is 0 Å². The van der Waals surface area contributed by atoms with Crippen molar-refractivity contribution in [2.24, 2.45) is 34.5 Å². The molecule has 4 heteroatoms. The van der Waals surface area contributed by atoms with E-state index >= 15 is 4.39 Å². The Morgan fingerprint density at radius 3 is 1.19 bits per heavy atom. The Kier molecular flexibility index (Phi) is 6.75. The van der Waals surface area contributed by atoms with E-state index in [-0.39, 0.29) is 0 Å². The summed E-state index contributed by atoms with van der Waals surface area (Å²) in [5.74, 6) is 3.27. The predicted octanol–water partition coefficient (Wildman–Crippen LogP) is 6.67. The molecule has 0 unspecified atom stereocenters. The molecule has 0 aromatic rings. The molecule has 0 bridgehead atoms. The zero-order valence-electron chi connectivity index (χ0n) is 20.5. The van der Waals surface area contributed by atoms with Gasteiger partial charge in [-0.15, -0.1) is 0 Å². The monoisotopic (exact) mass is 448 g/mol. The molecule has 5 aliphatic rings. The first kappa shape index (κ1) is 23.3. The number of hydrogen-bond acceptors (Lipinski definition) is 3. The normalized spacial score (nSPS) is 49.8. The first-order valence-corrected chi connectivity index (χ1v) is 13.8. The molecule has 5 saturated carbocycles. The summed E-state index contributed by atoms with van der Waals surface area (Å²) in [4.78, 5) is 13.6. The molecule has 2 spiro atoms. The molecular weight excluding hydrogens is 403 g/mol. The maximum atomic E-state index is 15.9. The minimum absolute atomic E-state index is 0.334. The Morgan fingerprint density at radius 2 is 0.906 bits per heavy atom. The maximum absolute atomic E-state index is 15.9. The predicted molar refractivity (Wildman–Crippen MR) is 124 cm³/mol. The van der Waals surface area contributed by atoms with Crippen molar-refractivity contribution in [1.29, 1.82) is 0 Å². The van der Waals surface area contributed by atoms with Crippen molar-refractivity contribution in [3.63, 3.8) is 0 Å². The molecule has 0 heterocycles. The van der Waals surface area contributed by atoms with E-state index in [1.807, 2.05) is 14.2 Å². The average Bonchev–Trinajstić information content (AvgIpc) is 2.88. The third-order valence-corrected chi connectivity index (χ3v) is 11.2. The Balaban J connectivity index is 1.13. The molecule has 5 fully saturated rings. The van der Waals surface area contributed by atoms with Crippen LogP contribution in [0, 0.1) is 34.5 Å². The molecule has 5 rings (SSSR count). The van der Waals surface area contributed by atoms with Crippen LogP contribution >= 0.6 is 0 Å². The van der Waals surface area contributed by atoms with E-state index in [2.05, 4.69) is 0 Å². The summed E-state index contributed by atoms with van der Waals surface area (Å²) in [6.07, 6.45) is 17.2. The first-order valence-electron chi connectivity index (χ1n) is 13.8. The van der Waals surface area contributed by atoms with Crippen molar-refractivity contribution in [1.82, 2.24) is 0 Å². The first-order chi connectivity index (χ1) is 15.5. The lowest BCUT2D eigenvalue weighted by Gasteiger charge is -2.62. The van der Waals surface area contributed by atoms with Crippen molar-refractivity contribution in [3.8, 4) is 0 Å². The zero-order chi connectivity index (χ0) is 22.3. The number of methoxy groups -OCH3 is 2. The molecule has 0 atom stereocenters. The molecule has 182 valence electrons. The van der Waals surface area contributed by atoms with Crippen LogP contribution in [0.3, 0.4) is 0 Å². The van der Waals surface area contributed by atoms with Gasteiger partial charge >= 0.3 is 0 Å². The molecule has 0 N–H and O–H groups in total. The Bertz CT molecular complexity index is 592. The largest absolute Gasteiger partial charge is 0.381 e. The fourth-order valence-electron chi connectivity index (χ4n) is 8.98. The summed E-state index contributed by atoms with van der Waals surface area (Å²) in [5, 5.41) is 0. The lowest BCUT2D eigenvalue weighted by Crippen LogP contribution is -2.69. The fraction of sp³-hybridized carbons (Fsp3) is 0.964. The van der Waals surface area contributed by atoms with Gasteiger partial charge in [-0.25, -0.2) is 4.39 Å². The molecule has 5 aliphatic carbocycles. The lowest BCUT2D eigenvalue weighted by molar-refractivity contribution is -0.195. The van der Waals surface area contributed by atoms with Crippen LogP contribution in [0.1, 0.15) is 103 Å². The second kappa shape index (κ2) is 9.29. The van der Waals surface area contributed by atoms with Crippen LogP contribution in [-0.2, 0) is 14.3 Å². The zero-order valence-corrected chi connectivity index (χ0v) is 20.5. The second-order valence-corrected chi connectivity index (χ2v) is 12.2. The number of rotatable bonds is 4. The highest BCUT2D eigenvalue weighted by Crippen LogP contribution is 2.66.